The van der Waals surface area contributed by atoms with E-state index >= 15 is 0 Å². The van der Waals surface area contributed by atoms with Crippen LogP contribution in [0.1, 0.15) is 15.9 Å². The van der Waals surface area contributed by atoms with Crippen LogP contribution in [-0.4, -0.2) is 13.4 Å². The number of hydrogen-bond acceptors (Lipinski definition) is 3. The van der Waals surface area contributed by atoms with Crippen LogP contribution < -0.4 is 9.47 Å². The van der Waals surface area contributed by atoms with E-state index in [4.69, 9.17) is 9.47 Å². The van der Waals surface area contributed by atoms with E-state index in [-0.39, 0.29) is 0 Å². The predicted octanol–water partition coefficient (Wildman–Crippen LogP) is 3.85. The Bertz CT molecular complexity index is 581. The van der Waals surface area contributed by atoms with Crippen molar-refractivity contribution in [3.05, 3.63) is 58.1 Å². The Kier molecular flexibility index (Phi) is 4.58. The first-order chi connectivity index (χ1) is 9.22. The van der Waals surface area contributed by atoms with Gasteiger partial charge in [-0.05, 0) is 35.9 Å². The van der Waals surface area contributed by atoms with Crippen molar-refractivity contribution in [2.45, 2.75) is 6.61 Å². The van der Waals surface area contributed by atoms with Crippen LogP contribution in [0.2, 0.25) is 0 Å². The zero-order valence-corrected chi connectivity index (χ0v) is 12.0. The minimum absolute atomic E-state index is 0.409. The van der Waals surface area contributed by atoms with Crippen LogP contribution in [0.15, 0.2) is 46.9 Å². The molecule has 98 valence electrons. The van der Waals surface area contributed by atoms with E-state index in [9.17, 15) is 4.79 Å². The summed E-state index contributed by atoms with van der Waals surface area (Å²) in [6.07, 6.45) is 0.763. The highest BCUT2D eigenvalue weighted by atomic mass is 79.9. The summed E-state index contributed by atoms with van der Waals surface area (Å²) in [5, 5.41) is 0. The van der Waals surface area contributed by atoms with Crippen LogP contribution in [0.25, 0.3) is 0 Å². The van der Waals surface area contributed by atoms with E-state index in [1.165, 1.54) is 0 Å². The molecule has 2 rings (SSSR count). The summed E-state index contributed by atoms with van der Waals surface area (Å²) < 4.78 is 11.7. The minimum Gasteiger partial charge on any atom is -0.497 e. The molecule has 3 nitrogen and oxygen atoms in total. The lowest BCUT2D eigenvalue weighted by Crippen LogP contribution is -1.98. The van der Waals surface area contributed by atoms with Gasteiger partial charge in [-0.15, -0.1) is 0 Å². The number of methoxy groups -OCH3 is 1. The van der Waals surface area contributed by atoms with E-state index in [1.54, 1.807) is 25.3 Å². The molecule has 0 heterocycles. The van der Waals surface area contributed by atoms with E-state index in [0.717, 1.165) is 16.3 Å². The largest absolute Gasteiger partial charge is 0.497 e. The highest BCUT2D eigenvalue weighted by Crippen LogP contribution is 2.24. The summed E-state index contributed by atoms with van der Waals surface area (Å²) in [6.45, 7) is 0.409. The van der Waals surface area contributed by atoms with Gasteiger partial charge in [0.1, 0.15) is 18.1 Å². The van der Waals surface area contributed by atoms with Gasteiger partial charge >= 0.3 is 0 Å². The first-order valence-electron chi connectivity index (χ1n) is 5.73. The molecule has 0 bridgehead atoms. The maximum Gasteiger partial charge on any atom is 0.153 e. The molecule has 0 spiro atoms. The van der Waals surface area contributed by atoms with Crippen molar-refractivity contribution >= 4 is 22.2 Å². The van der Waals surface area contributed by atoms with E-state index in [1.807, 2.05) is 24.3 Å². The molecule has 2 aromatic carbocycles. The van der Waals surface area contributed by atoms with Crippen molar-refractivity contribution < 1.29 is 14.3 Å². The molecular formula is C15H13BrO3. The molecule has 0 N–H and O–H groups in total. The van der Waals surface area contributed by atoms with Crippen molar-refractivity contribution in [1.82, 2.24) is 0 Å². The Morgan fingerprint density at radius 1 is 1.21 bits per heavy atom. The highest BCUT2D eigenvalue weighted by molar-refractivity contribution is 9.10. The molecular weight excluding hydrogens is 308 g/mol. The van der Waals surface area contributed by atoms with Crippen LogP contribution in [-0.2, 0) is 6.61 Å². The number of hydrogen-bond donors (Lipinski definition) is 0. The zero-order chi connectivity index (χ0) is 13.7. The first kappa shape index (κ1) is 13.6. The smallest absolute Gasteiger partial charge is 0.153 e. The second kappa shape index (κ2) is 6.38. The second-order valence-corrected chi connectivity index (χ2v) is 4.86. The van der Waals surface area contributed by atoms with E-state index < -0.39 is 0 Å². The highest BCUT2D eigenvalue weighted by Gasteiger charge is 2.05. The standard InChI is InChI=1S/C15H13BrO3/c1-18-14-5-6-15(12(8-14)9-17)19-10-11-3-2-4-13(16)7-11/h2-9H,10H2,1H3. The number of carbonyl (C=O) groups excluding carboxylic acids is 1. The third-order valence-electron chi connectivity index (χ3n) is 2.63. The SMILES string of the molecule is COc1ccc(OCc2cccc(Br)c2)c(C=O)c1. The van der Waals surface area contributed by atoms with Gasteiger partial charge in [0.15, 0.2) is 6.29 Å². The lowest BCUT2D eigenvalue weighted by Gasteiger charge is -2.10. The Labute approximate surface area is 120 Å². The second-order valence-electron chi connectivity index (χ2n) is 3.94. The molecule has 0 aliphatic heterocycles. The summed E-state index contributed by atoms with van der Waals surface area (Å²) in [4.78, 5) is 11.0. The molecule has 0 radical (unpaired) electrons. The summed E-state index contributed by atoms with van der Waals surface area (Å²) in [5.74, 6) is 1.19. The number of rotatable bonds is 5. The molecule has 2 aromatic rings. The van der Waals surface area contributed by atoms with Gasteiger partial charge in [0.05, 0.1) is 12.7 Å². The predicted molar refractivity (Wildman–Crippen MR) is 76.9 cm³/mol. The molecule has 4 heteroatoms. The number of halogens is 1. The molecule has 0 saturated carbocycles. The molecule has 0 unspecified atom stereocenters. The third-order valence-corrected chi connectivity index (χ3v) is 3.12. The maximum absolute atomic E-state index is 11.0. The minimum atomic E-state index is 0.409. The normalized spacial score (nSPS) is 10.0. The topological polar surface area (TPSA) is 35.5 Å². The summed E-state index contributed by atoms with van der Waals surface area (Å²) in [7, 11) is 1.56. The van der Waals surface area contributed by atoms with Crippen molar-refractivity contribution in [2.24, 2.45) is 0 Å². The fraction of sp³-hybridized carbons (Fsp3) is 0.133. The molecule has 0 amide bonds. The van der Waals surface area contributed by atoms with Crippen molar-refractivity contribution in [1.29, 1.82) is 0 Å². The molecule has 0 aliphatic carbocycles. The van der Waals surface area contributed by atoms with Gasteiger partial charge in [-0.25, -0.2) is 0 Å². The summed E-state index contributed by atoms with van der Waals surface area (Å²) in [6, 6.07) is 13.0. The monoisotopic (exact) mass is 320 g/mol. The van der Waals surface area contributed by atoms with Crippen LogP contribution >= 0.6 is 15.9 Å². The van der Waals surface area contributed by atoms with Crippen LogP contribution in [0.4, 0.5) is 0 Å². The average molecular weight is 321 g/mol. The lowest BCUT2D eigenvalue weighted by molar-refractivity contribution is 0.111. The lowest BCUT2D eigenvalue weighted by atomic mass is 10.2. The summed E-state index contributed by atoms with van der Waals surface area (Å²) >= 11 is 3.41. The summed E-state index contributed by atoms with van der Waals surface area (Å²) in [5.41, 5.74) is 1.51. The fourth-order valence-corrected chi connectivity index (χ4v) is 2.11. The Morgan fingerprint density at radius 2 is 2.05 bits per heavy atom. The number of aldehydes is 1. The molecule has 19 heavy (non-hydrogen) atoms. The van der Waals surface area contributed by atoms with Gasteiger partial charge in [-0.2, -0.15) is 0 Å². The van der Waals surface area contributed by atoms with Crippen molar-refractivity contribution in [3.63, 3.8) is 0 Å². The number of ether oxygens (including phenoxy) is 2. The van der Waals surface area contributed by atoms with Gasteiger partial charge in [-0.3, -0.25) is 4.79 Å². The Hall–Kier alpha value is -1.81. The average Bonchev–Trinajstić information content (AvgIpc) is 2.45. The third kappa shape index (κ3) is 3.58. The van der Waals surface area contributed by atoms with Gasteiger partial charge < -0.3 is 9.47 Å². The molecule has 0 aliphatic rings. The Balaban J connectivity index is 2.13. The fourth-order valence-electron chi connectivity index (χ4n) is 1.66. The molecule has 0 atom stereocenters. The van der Waals surface area contributed by atoms with Gasteiger partial charge in [-0.1, -0.05) is 28.1 Å². The Morgan fingerprint density at radius 3 is 2.74 bits per heavy atom. The van der Waals surface area contributed by atoms with Crippen LogP contribution in [0, 0.1) is 0 Å². The number of carbonyl (C=O) groups is 1. The first-order valence-corrected chi connectivity index (χ1v) is 6.52. The van der Waals surface area contributed by atoms with Crippen molar-refractivity contribution in [2.75, 3.05) is 7.11 Å². The molecule has 0 saturated heterocycles. The molecule has 0 aromatic heterocycles. The zero-order valence-electron chi connectivity index (χ0n) is 10.4. The van der Waals surface area contributed by atoms with Gasteiger partial charge in [0.2, 0.25) is 0 Å². The molecule has 0 fully saturated rings. The van der Waals surface area contributed by atoms with Gasteiger partial charge in [0.25, 0.3) is 0 Å². The van der Waals surface area contributed by atoms with Gasteiger partial charge in [0, 0.05) is 4.47 Å². The quantitative estimate of drug-likeness (QED) is 0.785. The van der Waals surface area contributed by atoms with E-state index in [2.05, 4.69) is 15.9 Å². The van der Waals surface area contributed by atoms with Crippen LogP contribution in [0.5, 0.6) is 11.5 Å². The maximum atomic E-state index is 11.0. The van der Waals surface area contributed by atoms with Crippen molar-refractivity contribution in [3.8, 4) is 11.5 Å². The van der Waals surface area contributed by atoms with E-state index in [0.29, 0.717) is 23.7 Å². The van der Waals surface area contributed by atoms with Crippen LogP contribution in [0.3, 0.4) is 0 Å². The number of benzene rings is 2.